The molecule has 94 valence electrons. The predicted octanol–water partition coefficient (Wildman–Crippen LogP) is 2.56. The highest BCUT2D eigenvalue weighted by atomic mass is 16.3. The summed E-state index contributed by atoms with van der Waals surface area (Å²) in [7, 11) is 1.91. The number of hydrogen-bond donors (Lipinski definition) is 1. The summed E-state index contributed by atoms with van der Waals surface area (Å²) in [4.78, 5) is 12.3. The molecule has 0 bridgehead atoms. The van der Waals surface area contributed by atoms with E-state index in [0.717, 1.165) is 11.4 Å². The van der Waals surface area contributed by atoms with E-state index in [1.807, 2.05) is 49.7 Å². The lowest BCUT2D eigenvalue weighted by Crippen LogP contribution is -2.13. The molecule has 0 fully saturated rings. The van der Waals surface area contributed by atoms with E-state index in [1.54, 1.807) is 12.1 Å². The Hall–Kier alpha value is -1.87. The number of aryl methyl sites for hydroxylation is 1. The van der Waals surface area contributed by atoms with Crippen molar-refractivity contribution in [2.75, 3.05) is 0 Å². The summed E-state index contributed by atoms with van der Waals surface area (Å²) in [6.45, 7) is 3.83. The summed E-state index contributed by atoms with van der Waals surface area (Å²) < 4.78 is 1.95. The van der Waals surface area contributed by atoms with Gasteiger partial charge in [0.1, 0.15) is 6.10 Å². The van der Waals surface area contributed by atoms with Crippen LogP contribution in [0, 0.1) is 13.8 Å². The molecule has 0 spiro atoms. The average Bonchev–Trinajstić information content (AvgIpc) is 2.66. The third-order valence-corrected chi connectivity index (χ3v) is 3.40. The van der Waals surface area contributed by atoms with Crippen LogP contribution in [0.15, 0.2) is 36.4 Å². The number of aliphatic hydroxyl groups excluding tert-OH is 1. The fourth-order valence-corrected chi connectivity index (χ4v) is 2.04. The molecule has 1 heterocycles. The Morgan fingerprint density at radius 1 is 1.22 bits per heavy atom. The van der Waals surface area contributed by atoms with Gasteiger partial charge in [-0.1, -0.05) is 30.3 Å². The lowest BCUT2D eigenvalue weighted by atomic mass is 10.0. The summed E-state index contributed by atoms with van der Waals surface area (Å²) in [5.74, 6) is -0.248. The number of aromatic nitrogens is 1. The van der Waals surface area contributed by atoms with Gasteiger partial charge in [0.15, 0.2) is 5.78 Å². The first-order valence-corrected chi connectivity index (χ1v) is 5.92. The van der Waals surface area contributed by atoms with Gasteiger partial charge in [-0.3, -0.25) is 4.79 Å². The van der Waals surface area contributed by atoms with Crippen LogP contribution in [0.25, 0.3) is 0 Å². The highest BCUT2D eigenvalue weighted by Gasteiger charge is 2.22. The Balaban J connectivity index is 2.35. The van der Waals surface area contributed by atoms with Crippen molar-refractivity contribution in [1.29, 1.82) is 0 Å². The Morgan fingerprint density at radius 3 is 2.33 bits per heavy atom. The topological polar surface area (TPSA) is 42.2 Å². The molecule has 18 heavy (non-hydrogen) atoms. The molecule has 1 unspecified atom stereocenters. The molecule has 0 saturated carbocycles. The van der Waals surface area contributed by atoms with Crippen molar-refractivity contribution in [2.45, 2.75) is 20.0 Å². The van der Waals surface area contributed by atoms with E-state index in [9.17, 15) is 9.90 Å². The third-order valence-electron chi connectivity index (χ3n) is 3.40. The molecule has 3 heteroatoms. The molecule has 3 nitrogen and oxygen atoms in total. The van der Waals surface area contributed by atoms with Crippen molar-refractivity contribution < 1.29 is 9.90 Å². The summed E-state index contributed by atoms with van der Waals surface area (Å²) >= 11 is 0. The summed E-state index contributed by atoms with van der Waals surface area (Å²) in [6.07, 6.45) is -1.09. The molecule has 0 aliphatic heterocycles. The van der Waals surface area contributed by atoms with Crippen molar-refractivity contribution in [1.82, 2.24) is 4.57 Å². The summed E-state index contributed by atoms with van der Waals surface area (Å²) in [6, 6.07) is 10.8. The number of nitrogens with zero attached hydrogens (tertiary/aromatic N) is 1. The van der Waals surface area contributed by atoms with Crippen LogP contribution in [0.3, 0.4) is 0 Å². The van der Waals surface area contributed by atoms with Crippen LogP contribution in [0.4, 0.5) is 0 Å². The molecule has 1 aromatic carbocycles. The Bertz CT molecular complexity index is 570. The van der Waals surface area contributed by atoms with Crippen molar-refractivity contribution in [3.8, 4) is 0 Å². The minimum Gasteiger partial charge on any atom is -0.380 e. The summed E-state index contributed by atoms with van der Waals surface area (Å²) in [5, 5.41) is 10.1. The molecule has 2 rings (SSSR count). The number of Topliss-reactive ketones (excluding diaryl/α,β-unsaturated/α-hetero) is 1. The van der Waals surface area contributed by atoms with Crippen LogP contribution in [0.2, 0.25) is 0 Å². The maximum absolute atomic E-state index is 12.3. The van der Waals surface area contributed by atoms with Crippen molar-refractivity contribution >= 4 is 5.78 Å². The average molecular weight is 243 g/mol. The first kappa shape index (κ1) is 12.6. The molecular formula is C15H17NO2. The van der Waals surface area contributed by atoms with Crippen LogP contribution < -0.4 is 0 Å². The first-order chi connectivity index (χ1) is 8.52. The molecule has 0 saturated heterocycles. The lowest BCUT2D eigenvalue weighted by molar-refractivity contribution is 0.0746. The lowest BCUT2D eigenvalue weighted by Gasteiger charge is -2.09. The zero-order chi connectivity index (χ0) is 13.3. The van der Waals surface area contributed by atoms with Crippen LogP contribution in [-0.4, -0.2) is 15.5 Å². The van der Waals surface area contributed by atoms with Crippen molar-refractivity contribution in [2.24, 2.45) is 7.05 Å². The third kappa shape index (κ3) is 2.09. The number of ketones is 1. The van der Waals surface area contributed by atoms with Gasteiger partial charge >= 0.3 is 0 Å². The van der Waals surface area contributed by atoms with Crippen molar-refractivity contribution in [3.05, 3.63) is 58.9 Å². The molecule has 0 radical (unpaired) electrons. The van der Waals surface area contributed by atoms with E-state index < -0.39 is 6.10 Å². The predicted molar refractivity (Wildman–Crippen MR) is 70.6 cm³/mol. The first-order valence-electron chi connectivity index (χ1n) is 5.92. The van der Waals surface area contributed by atoms with Crippen LogP contribution in [0.1, 0.15) is 33.4 Å². The quantitative estimate of drug-likeness (QED) is 0.842. The molecule has 1 N–H and O–H groups in total. The Kier molecular flexibility index (Phi) is 3.34. The van der Waals surface area contributed by atoms with Gasteiger partial charge in [-0.15, -0.1) is 0 Å². The number of rotatable bonds is 3. The van der Waals surface area contributed by atoms with Gasteiger partial charge in [0, 0.05) is 24.0 Å². The van der Waals surface area contributed by atoms with Gasteiger partial charge in [-0.05, 0) is 25.5 Å². The van der Waals surface area contributed by atoms with Gasteiger partial charge in [0.05, 0.1) is 0 Å². The maximum atomic E-state index is 12.3. The molecule has 0 amide bonds. The van der Waals surface area contributed by atoms with Gasteiger partial charge < -0.3 is 9.67 Å². The fraction of sp³-hybridized carbons (Fsp3) is 0.267. The van der Waals surface area contributed by atoms with Crippen LogP contribution >= 0.6 is 0 Å². The van der Waals surface area contributed by atoms with E-state index >= 15 is 0 Å². The van der Waals surface area contributed by atoms with Gasteiger partial charge in [-0.25, -0.2) is 0 Å². The molecule has 0 aliphatic rings. The van der Waals surface area contributed by atoms with E-state index in [4.69, 9.17) is 0 Å². The molecule has 1 atom stereocenters. The van der Waals surface area contributed by atoms with E-state index in [-0.39, 0.29) is 5.78 Å². The second-order valence-electron chi connectivity index (χ2n) is 4.52. The highest BCUT2D eigenvalue weighted by Crippen LogP contribution is 2.22. The molecule has 1 aromatic heterocycles. The van der Waals surface area contributed by atoms with Gasteiger partial charge in [0.25, 0.3) is 0 Å². The number of hydrogen-bond acceptors (Lipinski definition) is 2. The van der Waals surface area contributed by atoms with Crippen molar-refractivity contribution in [3.63, 3.8) is 0 Å². The maximum Gasteiger partial charge on any atom is 0.197 e. The second kappa shape index (κ2) is 4.78. The number of benzene rings is 1. The largest absolute Gasteiger partial charge is 0.380 e. The Morgan fingerprint density at radius 2 is 1.83 bits per heavy atom. The zero-order valence-electron chi connectivity index (χ0n) is 10.8. The van der Waals surface area contributed by atoms with E-state index in [1.165, 1.54) is 0 Å². The van der Waals surface area contributed by atoms with Gasteiger partial charge in [-0.2, -0.15) is 0 Å². The standard InChI is InChI=1S/C15H17NO2/c1-10-9-13(11(2)16(10)3)15(18)14(17)12-7-5-4-6-8-12/h4-9,14,17H,1-3H3. The Labute approximate surface area is 107 Å². The minimum atomic E-state index is -1.09. The number of carbonyl (C=O) groups excluding carboxylic acids is 1. The minimum absolute atomic E-state index is 0.248. The van der Waals surface area contributed by atoms with Crippen LogP contribution in [-0.2, 0) is 7.05 Å². The number of aliphatic hydroxyl groups is 1. The second-order valence-corrected chi connectivity index (χ2v) is 4.52. The highest BCUT2D eigenvalue weighted by molar-refractivity contribution is 6.01. The zero-order valence-corrected chi connectivity index (χ0v) is 10.8. The molecule has 0 aliphatic carbocycles. The smallest absolute Gasteiger partial charge is 0.197 e. The van der Waals surface area contributed by atoms with Crippen LogP contribution in [0.5, 0.6) is 0 Å². The van der Waals surface area contributed by atoms with E-state index in [2.05, 4.69) is 0 Å². The fourth-order valence-electron chi connectivity index (χ4n) is 2.04. The normalized spacial score (nSPS) is 12.4. The van der Waals surface area contributed by atoms with E-state index in [0.29, 0.717) is 11.1 Å². The summed E-state index contributed by atoms with van der Waals surface area (Å²) in [5.41, 5.74) is 3.11. The van der Waals surface area contributed by atoms with Gasteiger partial charge in [0.2, 0.25) is 0 Å². The molecule has 2 aromatic rings. The number of carbonyl (C=O) groups is 1. The molecular weight excluding hydrogens is 226 g/mol. The monoisotopic (exact) mass is 243 g/mol. The SMILES string of the molecule is Cc1cc(C(=O)C(O)c2ccccc2)c(C)n1C.